The van der Waals surface area contributed by atoms with Gasteiger partial charge in [-0.2, -0.15) is 0 Å². The van der Waals surface area contributed by atoms with E-state index in [1.807, 2.05) is 82.9 Å². The number of hydrogen-bond donors (Lipinski definition) is 4. The minimum Gasteiger partial charge on any atom is -0.351 e. The van der Waals surface area contributed by atoms with E-state index in [9.17, 15) is 19.2 Å². The SMILES string of the molecule is NC(=O)N(C1CCCC1)[C@@H](C(=O)N1CCC[C@H]1c1ncc(-c2ccc(-c3ccc(-c4cnc([C@@H]5CCCN5C(=O)[C@@H](c5ccccc5)N(C(N)=O)C5CCCC5)[nH]4)cc3)cc2)[nH]1)c1ccccc1. The number of carbonyl (C=O) groups is 4. The lowest BCUT2D eigenvalue weighted by molar-refractivity contribution is -0.138. The third-order valence-corrected chi connectivity index (χ3v) is 14.8. The van der Waals surface area contributed by atoms with Crippen LogP contribution in [0.15, 0.2) is 122 Å². The normalized spacial score (nSPS) is 19.6. The van der Waals surface area contributed by atoms with Crippen LogP contribution in [0.25, 0.3) is 33.6 Å². The topological polar surface area (TPSA) is 191 Å². The maximum absolute atomic E-state index is 14.6. The predicted molar refractivity (Wildman–Crippen MR) is 260 cm³/mol. The van der Waals surface area contributed by atoms with Crippen molar-refractivity contribution in [2.45, 2.75) is 113 Å². The highest BCUT2D eigenvalue weighted by Crippen LogP contribution is 2.40. The number of urea groups is 2. The lowest BCUT2D eigenvalue weighted by Gasteiger charge is -2.37. The first-order valence-corrected chi connectivity index (χ1v) is 24.4. The molecule has 0 bridgehead atoms. The lowest BCUT2D eigenvalue weighted by atomic mass is 10.0. The molecule has 6 amide bonds. The Hall–Kier alpha value is -7.22. The van der Waals surface area contributed by atoms with Crippen LogP contribution in [-0.2, 0) is 9.59 Å². The van der Waals surface area contributed by atoms with Crippen LogP contribution in [0.3, 0.4) is 0 Å². The zero-order valence-electron chi connectivity index (χ0n) is 38.4. The summed E-state index contributed by atoms with van der Waals surface area (Å²) in [6.45, 7) is 1.15. The van der Waals surface area contributed by atoms with E-state index in [1.165, 1.54) is 0 Å². The molecule has 4 heterocycles. The fourth-order valence-electron chi connectivity index (χ4n) is 11.4. The van der Waals surface area contributed by atoms with E-state index in [1.54, 1.807) is 9.80 Å². The molecular weight excluding hydrogens is 853 g/mol. The summed E-state index contributed by atoms with van der Waals surface area (Å²) in [4.78, 5) is 79.0. The number of likely N-dealkylation sites (tertiary alicyclic amines) is 2. The van der Waals surface area contributed by atoms with Gasteiger partial charge in [-0.25, -0.2) is 19.6 Å². The van der Waals surface area contributed by atoms with Gasteiger partial charge in [-0.05, 0) is 84.7 Å². The van der Waals surface area contributed by atoms with Gasteiger partial charge in [0.2, 0.25) is 0 Å². The second-order valence-electron chi connectivity index (χ2n) is 18.9. The molecule has 350 valence electrons. The second kappa shape index (κ2) is 19.6. The predicted octanol–water partition coefficient (Wildman–Crippen LogP) is 9.59. The van der Waals surface area contributed by atoms with Crippen LogP contribution < -0.4 is 11.5 Å². The number of hydrogen-bond acceptors (Lipinski definition) is 6. The quantitative estimate of drug-likeness (QED) is 0.0892. The molecule has 68 heavy (non-hydrogen) atoms. The molecule has 6 aromatic rings. The molecule has 14 heteroatoms. The summed E-state index contributed by atoms with van der Waals surface area (Å²) in [5.41, 5.74) is 19.4. The summed E-state index contributed by atoms with van der Waals surface area (Å²) in [6.07, 6.45) is 14.2. The van der Waals surface area contributed by atoms with Crippen molar-refractivity contribution in [2.75, 3.05) is 13.1 Å². The van der Waals surface area contributed by atoms with Crippen molar-refractivity contribution in [1.29, 1.82) is 0 Å². The van der Waals surface area contributed by atoms with Crippen molar-refractivity contribution >= 4 is 23.9 Å². The number of rotatable bonds is 13. The van der Waals surface area contributed by atoms with E-state index in [2.05, 4.69) is 58.5 Å². The Kier molecular flexibility index (Phi) is 12.8. The molecular formula is C54H60N10O4. The highest BCUT2D eigenvalue weighted by Gasteiger charge is 2.44. The number of nitrogens with two attached hydrogens (primary N) is 2. The fraction of sp³-hybridized carbons (Fsp3) is 0.370. The average Bonchev–Trinajstić information content (AvgIpc) is 4.23. The van der Waals surface area contributed by atoms with E-state index in [4.69, 9.17) is 21.4 Å². The largest absolute Gasteiger partial charge is 0.351 e. The van der Waals surface area contributed by atoms with Crippen LogP contribution in [0.1, 0.15) is 124 Å². The van der Waals surface area contributed by atoms with Crippen molar-refractivity contribution < 1.29 is 19.2 Å². The first-order chi connectivity index (χ1) is 33.2. The first-order valence-electron chi connectivity index (χ1n) is 24.4. The highest BCUT2D eigenvalue weighted by atomic mass is 16.2. The van der Waals surface area contributed by atoms with Gasteiger partial charge in [0.1, 0.15) is 23.7 Å². The Balaban J connectivity index is 0.818. The van der Waals surface area contributed by atoms with E-state index >= 15 is 0 Å². The Bertz CT molecular complexity index is 2520. The van der Waals surface area contributed by atoms with Gasteiger partial charge < -0.3 is 41.0 Å². The van der Waals surface area contributed by atoms with Gasteiger partial charge in [0, 0.05) is 25.2 Å². The number of nitrogens with one attached hydrogen (secondary N) is 2. The summed E-state index contributed by atoms with van der Waals surface area (Å²) in [5, 5.41) is 0. The monoisotopic (exact) mass is 912 g/mol. The van der Waals surface area contributed by atoms with Gasteiger partial charge in [-0.15, -0.1) is 0 Å². The lowest BCUT2D eigenvalue weighted by Crippen LogP contribution is -2.51. The van der Waals surface area contributed by atoms with E-state index in [0.29, 0.717) is 13.1 Å². The summed E-state index contributed by atoms with van der Waals surface area (Å²) in [7, 11) is 0. The molecule has 4 fully saturated rings. The molecule has 14 nitrogen and oxygen atoms in total. The molecule has 2 saturated carbocycles. The van der Waals surface area contributed by atoms with Gasteiger partial charge in [0.25, 0.3) is 11.8 Å². The molecule has 4 aliphatic rings. The standard InChI is InChI=1S/C54H60N10O4/c55-53(67)63(41-17-7-8-18-41)47(39-13-3-1-4-14-39)51(65)61-31-11-21-45(61)49-57-33-43(59-49)37-27-23-35(24-28-37)36-25-29-38(30-26-36)44-34-58-50(60-44)46-22-12-32-62(46)52(66)48(40-15-5-2-6-16-40)64(54(56)68)42-19-9-10-20-42/h1-6,13-16,23-30,33-34,41-42,45-48H,7-12,17-22,31-32H2,(H2,55,67)(H2,56,68)(H,57,59)(H,58,60)/t45-,46-,47+,48+/m0/s1. The number of amides is 6. The van der Waals surface area contributed by atoms with Gasteiger partial charge in [0.05, 0.1) is 35.9 Å². The van der Waals surface area contributed by atoms with E-state index in [-0.39, 0.29) is 36.0 Å². The number of nitrogens with zero attached hydrogens (tertiary/aromatic N) is 6. The second-order valence-corrected chi connectivity index (χ2v) is 18.9. The molecule has 2 aliphatic heterocycles. The molecule has 2 aliphatic carbocycles. The Morgan fingerprint density at radius 3 is 1.19 bits per heavy atom. The van der Waals surface area contributed by atoms with Crippen molar-refractivity contribution in [3.05, 3.63) is 144 Å². The molecule has 0 unspecified atom stereocenters. The molecule has 0 radical (unpaired) electrons. The van der Waals surface area contributed by atoms with Crippen molar-refractivity contribution in [2.24, 2.45) is 11.5 Å². The summed E-state index contributed by atoms with van der Waals surface area (Å²) < 4.78 is 0. The maximum atomic E-state index is 14.6. The Morgan fingerprint density at radius 2 is 0.838 bits per heavy atom. The first kappa shape index (κ1) is 44.6. The number of carbonyl (C=O) groups excluding carboxylic acids is 4. The van der Waals surface area contributed by atoms with Crippen LogP contribution in [0.5, 0.6) is 0 Å². The van der Waals surface area contributed by atoms with E-state index < -0.39 is 24.1 Å². The number of benzene rings is 4. The fourth-order valence-corrected chi connectivity index (χ4v) is 11.4. The van der Waals surface area contributed by atoms with Crippen LogP contribution in [0, 0.1) is 0 Å². The molecule has 4 atom stereocenters. The smallest absolute Gasteiger partial charge is 0.315 e. The van der Waals surface area contributed by atoms with Crippen LogP contribution in [-0.4, -0.2) is 88.6 Å². The minimum absolute atomic E-state index is 0.0680. The molecule has 4 aromatic carbocycles. The van der Waals surface area contributed by atoms with Crippen molar-refractivity contribution in [3.8, 4) is 33.6 Å². The minimum atomic E-state index is -0.798. The van der Waals surface area contributed by atoms with Crippen LogP contribution in [0.4, 0.5) is 9.59 Å². The van der Waals surface area contributed by atoms with Crippen LogP contribution >= 0.6 is 0 Å². The third kappa shape index (κ3) is 8.87. The molecule has 10 rings (SSSR count). The molecule has 2 saturated heterocycles. The number of imidazole rings is 2. The van der Waals surface area contributed by atoms with Gasteiger partial charge >= 0.3 is 12.1 Å². The maximum Gasteiger partial charge on any atom is 0.315 e. The number of primary amides is 2. The Labute approximate surface area is 397 Å². The zero-order chi connectivity index (χ0) is 46.7. The van der Waals surface area contributed by atoms with Crippen molar-refractivity contribution in [3.63, 3.8) is 0 Å². The zero-order valence-corrected chi connectivity index (χ0v) is 38.4. The van der Waals surface area contributed by atoms with Crippen molar-refractivity contribution in [1.82, 2.24) is 39.5 Å². The highest BCUT2D eigenvalue weighted by molar-refractivity contribution is 5.89. The number of aromatic amines is 2. The molecule has 0 spiro atoms. The van der Waals surface area contributed by atoms with Gasteiger partial charge in [-0.1, -0.05) is 135 Å². The van der Waals surface area contributed by atoms with Gasteiger partial charge in [0.15, 0.2) is 0 Å². The average molecular weight is 913 g/mol. The summed E-state index contributed by atoms with van der Waals surface area (Å²) in [6, 6.07) is 32.4. The third-order valence-electron chi connectivity index (χ3n) is 14.8. The van der Waals surface area contributed by atoms with Crippen LogP contribution in [0.2, 0.25) is 0 Å². The summed E-state index contributed by atoms with van der Waals surface area (Å²) >= 11 is 0. The Morgan fingerprint density at radius 1 is 0.485 bits per heavy atom. The number of aromatic nitrogens is 4. The summed E-state index contributed by atoms with van der Waals surface area (Å²) in [5.74, 6) is 1.20. The number of H-pyrrole nitrogens is 2. The van der Waals surface area contributed by atoms with E-state index in [0.717, 1.165) is 133 Å². The molecule has 2 aromatic heterocycles. The van der Waals surface area contributed by atoms with Gasteiger partial charge in [-0.3, -0.25) is 9.59 Å². The molecule has 6 N–H and O–H groups in total.